The molecule has 1 fully saturated rings. The maximum absolute atomic E-state index is 9.49. The van der Waals surface area contributed by atoms with Gasteiger partial charge in [-0.05, 0) is 25.0 Å². The van der Waals surface area contributed by atoms with E-state index in [0.29, 0.717) is 30.4 Å². The van der Waals surface area contributed by atoms with Crippen molar-refractivity contribution in [3.63, 3.8) is 0 Å². The highest BCUT2D eigenvalue weighted by Crippen LogP contribution is 2.26. The Bertz CT molecular complexity index is 587. The van der Waals surface area contributed by atoms with Crippen LogP contribution in [0.25, 0.3) is 0 Å². The van der Waals surface area contributed by atoms with E-state index in [9.17, 15) is 5.11 Å². The molecule has 5 nitrogen and oxygen atoms in total. The summed E-state index contributed by atoms with van der Waals surface area (Å²) in [6.07, 6.45) is 0.309. The smallest absolute Gasteiger partial charge is 0.243 e. The number of aliphatic hydroxyl groups excluding tert-OH is 1. The lowest BCUT2D eigenvalue weighted by Gasteiger charge is -2.02. The van der Waals surface area contributed by atoms with Crippen LogP contribution in [-0.4, -0.2) is 27.9 Å². The number of nitrogens with zero attached hydrogens (tertiary/aromatic N) is 2. The molecule has 0 aliphatic carbocycles. The third kappa shape index (κ3) is 3.03. The van der Waals surface area contributed by atoms with Gasteiger partial charge in [0.05, 0.1) is 17.9 Å². The number of thioether (sulfide) groups is 1. The molecule has 1 aliphatic rings. The van der Waals surface area contributed by atoms with E-state index in [1.165, 1.54) is 10.5 Å². The number of aryl methyl sites for hydroxylation is 1. The molecule has 1 aromatic carbocycles. The summed E-state index contributed by atoms with van der Waals surface area (Å²) in [6, 6.07) is 8.22. The summed E-state index contributed by atoms with van der Waals surface area (Å²) in [6.45, 7) is 2.67. The van der Waals surface area contributed by atoms with Gasteiger partial charge >= 0.3 is 0 Å². The Morgan fingerprint density at radius 3 is 3.05 bits per heavy atom. The van der Waals surface area contributed by atoms with Crippen molar-refractivity contribution in [2.45, 2.75) is 36.1 Å². The number of hydrogen-bond acceptors (Lipinski definition) is 6. The summed E-state index contributed by atoms with van der Waals surface area (Å²) < 4.78 is 5.27. The zero-order valence-electron chi connectivity index (χ0n) is 11.2. The largest absolute Gasteiger partial charge is 0.392 e. The third-order valence-corrected chi connectivity index (χ3v) is 4.51. The molecule has 2 aromatic rings. The molecule has 0 bridgehead atoms. The summed E-state index contributed by atoms with van der Waals surface area (Å²) in [5.41, 5.74) is 1.25. The summed E-state index contributed by atoms with van der Waals surface area (Å²) in [4.78, 5) is 5.63. The molecule has 2 N–H and O–H groups in total. The number of β-amino-alcohol motifs (C(OH)–C–C–N with tert-alkyl or cyclic N) is 1. The molecule has 0 saturated carbocycles. The second-order valence-electron chi connectivity index (χ2n) is 4.95. The zero-order chi connectivity index (χ0) is 13.9. The fourth-order valence-electron chi connectivity index (χ4n) is 2.23. The van der Waals surface area contributed by atoms with Crippen LogP contribution in [0.15, 0.2) is 33.7 Å². The molecule has 2 atom stereocenters. The molecule has 0 amide bonds. The average molecular weight is 291 g/mol. The summed E-state index contributed by atoms with van der Waals surface area (Å²) >= 11 is 1.70. The molecule has 2 heterocycles. The van der Waals surface area contributed by atoms with Gasteiger partial charge in [-0.1, -0.05) is 23.4 Å². The summed E-state index contributed by atoms with van der Waals surface area (Å²) in [5.74, 6) is 1.95. The highest BCUT2D eigenvalue weighted by atomic mass is 32.2. The average Bonchev–Trinajstić information content (AvgIpc) is 3.06. The molecule has 1 aliphatic heterocycles. The first-order valence-electron chi connectivity index (χ1n) is 6.65. The van der Waals surface area contributed by atoms with E-state index >= 15 is 0 Å². The number of nitrogens with one attached hydrogen (secondary N) is 1. The van der Waals surface area contributed by atoms with Crippen LogP contribution in [-0.2, 0) is 5.75 Å². The molecule has 1 saturated heterocycles. The van der Waals surface area contributed by atoms with Gasteiger partial charge in [0.1, 0.15) is 0 Å². The van der Waals surface area contributed by atoms with E-state index in [2.05, 4.69) is 34.5 Å². The van der Waals surface area contributed by atoms with E-state index in [4.69, 9.17) is 4.52 Å². The van der Waals surface area contributed by atoms with Crippen molar-refractivity contribution in [2.75, 3.05) is 6.54 Å². The second kappa shape index (κ2) is 5.95. The van der Waals surface area contributed by atoms with Gasteiger partial charge in [0.15, 0.2) is 5.82 Å². The summed E-state index contributed by atoms with van der Waals surface area (Å²) in [7, 11) is 0. The standard InChI is InChI=1S/C14H17N3O2S/c1-9-4-2-3-5-12(9)20-8-13-16-14(19-17-13)11-6-10(18)7-15-11/h2-5,10-11,15,18H,6-8H2,1H3/t10-,11+/m1/s1. The molecule has 1 aromatic heterocycles. The Kier molecular flexibility index (Phi) is 4.05. The SMILES string of the molecule is Cc1ccccc1SCc1noc([C@@H]2C[C@@H](O)CN2)n1. The van der Waals surface area contributed by atoms with Crippen molar-refractivity contribution < 1.29 is 9.63 Å². The van der Waals surface area contributed by atoms with Gasteiger partial charge < -0.3 is 14.9 Å². The zero-order valence-corrected chi connectivity index (χ0v) is 12.1. The van der Waals surface area contributed by atoms with Crippen LogP contribution < -0.4 is 5.32 Å². The van der Waals surface area contributed by atoms with Crippen molar-refractivity contribution in [3.8, 4) is 0 Å². The molecule has 106 valence electrons. The Morgan fingerprint density at radius 2 is 2.30 bits per heavy atom. The van der Waals surface area contributed by atoms with Crippen LogP contribution >= 0.6 is 11.8 Å². The maximum atomic E-state index is 9.49. The highest BCUT2D eigenvalue weighted by molar-refractivity contribution is 7.98. The van der Waals surface area contributed by atoms with Crippen LogP contribution in [0.5, 0.6) is 0 Å². The summed E-state index contributed by atoms with van der Waals surface area (Å²) in [5, 5.41) is 16.7. The fourth-order valence-corrected chi connectivity index (χ4v) is 3.11. The molecule has 3 rings (SSSR count). The van der Waals surface area contributed by atoms with Crippen molar-refractivity contribution in [1.29, 1.82) is 0 Å². The molecule has 0 unspecified atom stereocenters. The second-order valence-corrected chi connectivity index (χ2v) is 5.97. The van der Waals surface area contributed by atoms with E-state index in [1.807, 2.05) is 12.1 Å². The topological polar surface area (TPSA) is 71.2 Å². The lowest BCUT2D eigenvalue weighted by atomic mass is 10.2. The number of aromatic nitrogens is 2. The predicted molar refractivity (Wildman–Crippen MR) is 76.4 cm³/mol. The normalized spacial score (nSPS) is 22.3. The minimum atomic E-state index is -0.323. The van der Waals surface area contributed by atoms with E-state index < -0.39 is 0 Å². The maximum Gasteiger partial charge on any atom is 0.243 e. The van der Waals surface area contributed by atoms with Gasteiger partial charge in [-0.25, -0.2) is 0 Å². The van der Waals surface area contributed by atoms with E-state index in [1.54, 1.807) is 11.8 Å². The molecule has 6 heteroatoms. The number of aliphatic hydroxyl groups is 1. The van der Waals surface area contributed by atoms with Crippen LogP contribution in [0.2, 0.25) is 0 Å². The minimum Gasteiger partial charge on any atom is -0.392 e. The Morgan fingerprint density at radius 1 is 1.45 bits per heavy atom. The minimum absolute atomic E-state index is 0.0188. The molecular weight excluding hydrogens is 274 g/mol. The van der Waals surface area contributed by atoms with Crippen molar-refractivity contribution in [1.82, 2.24) is 15.5 Å². The molecular formula is C14H17N3O2S. The van der Waals surface area contributed by atoms with E-state index in [-0.39, 0.29) is 12.1 Å². The van der Waals surface area contributed by atoms with Crippen LogP contribution in [0, 0.1) is 6.92 Å². The first-order valence-corrected chi connectivity index (χ1v) is 7.63. The Labute approximate surface area is 121 Å². The van der Waals surface area contributed by atoms with Crippen molar-refractivity contribution in [3.05, 3.63) is 41.5 Å². The third-order valence-electron chi connectivity index (χ3n) is 3.34. The lowest BCUT2D eigenvalue weighted by molar-refractivity contribution is 0.191. The van der Waals surface area contributed by atoms with Gasteiger partial charge in [0.2, 0.25) is 5.89 Å². The monoisotopic (exact) mass is 291 g/mol. The van der Waals surface area contributed by atoms with Crippen LogP contribution in [0.4, 0.5) is 0 Å². The van der Waals surface area contributed by atoms with Crippen LogP contribution in [0.1, 0.15) is 29.7 Å². The quantitative estimate of drug-likeness (QED) is 0.840. The van der Waals surface area contributed by atoms with Gasteiger partial charge in [-0.3, -0.25) is 0 Å². The first kappa shape index (κ1) is 13.6. The Balaban J connectivity index is 1.62. The van der Waals surface area contributed by atoms with E-state index in [0.717, 1.165) is 0 Å². The van der Waals surface area contributed by atoms with Crippen molar-refractivity contribution >= 4 is 11.8 Å². The van der Waals surface area contributed by atoms with Gasteiger partial charge in [-0.15, -0.1) is 11.8 Å². The Hall–Kier alpha value is -1.37. The van der Waals surface area contributed by atoms with Crippen molar-refractivity contribution in [2.24, 2.45) is 0 Å². The highest BCUT2D eigenvalue weighted by Gasteiger charge is 2.27. The van der Waals surface area contributed by atoms with Gasteiger partial charge in [0, 0.05) is 11.4 Å². The fraction of sp³-hybridized carbons (Fsp3) is 0.429. The van der Waals surface area contributed by atoms with Crippen LogP contribution in [0.3, 0.4) is 0 Å². The molecule has 20 heavy (non-hydrogen) atoms. The number of rotatable bonds is 4. The first-order chi connectivity index (χ1) is 9.72. The number of hydrogen-bond donors (Lipinski definition) is 2. The number of benzene rings is 1. The van der Waals surface area contributed by atoms with Gasteiger partial charge in [-0.2, -0.15) is 4.98 Å². The predicted octanol–water partition coefficient (Wildman–Crippen LogP) is 2.07. The molecule has 0 spiro atoms. The lowest BCUT2D eigenvalue weighted by Crippen LogP contribution is -2.15. The van der Waals surface area contributed by atoms with Gasteiger partial charge in [0.25, 0.3) is 0 Å². The molecule has 0 radical (unpaired) electrons.